The van der Waals surface area contributed by atoms with Crippen molar-refractivity contribution in [2.45, 2.75) is 13.0 Å². The summed E-state index contributed by atoms with van der Waals surface area (Å²) in [7, 11) is 3.33. The van der Waals surface area contributed by atoms with Gasteiger partial charge in [0.15, 0.2) is 0 Å². The first kappa shape index (κ1) is 15.5. The smallest absolute Gasteiger partial charge is 0.119 e. The number of nitrogens with two attached hydrogens (primary N) is 1. The topological polar surface area (TPSA) is 53.7 Å². The van der Waals surface area contributed by atoms with Gasteiger partial charge in [0, 0.05) is 25.9 Å². The molecular formula is C15H21NO3. The molecule has 0 aliphatic carbocycles. The fourth-order valence-corrected chi connectivity index (χ4v) is 1.57. The van der Waals surface area contributed by atoms with Gasteiger partial charge in [-0.25, -0.2) is 0 Å². The van der Waals surface area contributed by atoms with Crippen molar-refractivity contribution < 1.29 is 14.2 Å². The molecule has 0 aliphatic rings. The molecule has 4 heteroatoms. The summed E-state index contributed by atoms with van der Waals surface area (Å²) in [6.45, 7) is 2.22. The van der Waals surface area contributed by atoms with Crippen LogP contribution in [-0.4, -0.2) is 34.0 Å². The molecular weight excluding hydrogens is 242 g/mol. The Morgan fingerprint density at radius 3 is 2.74 bits per heavy atom. The molecule has 0 aliphatic heterocycles. The third kappa shape index (κ3) is 5.75. The molecule has 1 aromatic carbocycles. The molecule has 4 nitrogen and oxygen atoms in total. The lowest BCUT2D eigenvalue weighted by Crippen LogP contribution is -2.01. The third-order valence-corrected chi connectivity index (χ3v) is 2.53. The van der Waals surface area contributed by atoms with Gasteiger partial charge < -0.3 is 19.9 Å². The molecule has 0 atom stereocenters. The summed E-state index contributed by atoms with van der Waals surface area (Å²) in [5.74, 6) is 6.70. The molecule has 0 saturated carbocycles. The molecule has 0 amide bonds. The normalized spacial score (nSPS) is 9.84. The Balaban J connectivity index is 2.66. The summed E-state index contributed by atoms with van der Waals surface area (Å²) < 4.78 is 15.8. The van der Waals surface area contributed by atoms with Crippen LogP contribution in [-0.2, 0) is 16.1 Å². The van der Waals surface area contributed by atoms with Gasteiger partial charge >= 0.3 is 0 Å². The van der Waals surface area contributed by atoms with Crippen LogP contribution in [0.4, 0.5) is 0 Å². The molecule has 19 heavy (non-hydrogen) atoms. The summed E-state index contributed by atoms with van der Waals surface area (Å²) in [5, 5.41) is 0. The van der Waals surface area contributed by atoms with Crippen LogP contribution in [0, 0.1) is 11.8 Å². The quantitative estimate of drug-likeness (QED) is 0.599. The SMILES string of the molecule is COCCCOCc1cc(OC)ccc1C#CCN. The Labute approximate surface area is 114 Å². The second kappa shape index (κ2) is 9.40. The minimum Gasteiger partial charge on any atom is -0.497 e. The summed E-state index contributed by atoms with van der Waals surface area (Å²) in [6.07, 6.45) is 0.879. The van der Waals surface area contributed by atoms with E-state index in [9.17, 15) is 0 Å². The summed E-state index contributed by atoms with van der Waals surface area (Å²) in [4.78, 5) is 0. The fraction of sp³-hybridized carbons (Fsp3) is 0.467. The lowest BCUT2D eigenvalue weighted by molar-refractivity contribution is 0.0926. The van der Waals surface area contributed by atoms with Gasteiger partial charge in [0.25, 0.3) is 0 Å². The molecule has 104 valence electrons. The van der Waals surface area contributed by atoms with E-state index in [0.717, 1.165) is 23.3 Å². The van der Waals surface area contributed by atoms with Crippen molar-refractivity contribution in [2.24, 2.45) is 5.73 Å². The van der Waals surface area contributed by atoms with Gasteiger partial charge in [-0.15, -0.1) is 0 Å². The van der Waals surface area contributed by atoms with Crippen LogP contribution in [0.25, 0.3) is 0 Å². The molecule has 0 bridgehead atoms. The van der Waals surface area contributed by atoms with Crippen LogP contribution in [0.5, 0.6) is 5.75 Å². The maximum Gasteiger partial charge on any atom is 0.119 e. The zero-order chi connectivity index (χ0) is 13.9. The van der Waals surface area contributed by atoms with Crippen molar-refractivity contribution in [1.82, 2.24) is 0 Å². The van der Waals surface area contributed by atoms with Gasteiger partial charge in [-0.3, -0.25) is 0 Å². The largest absolute Gasteiger partial charge is 0.497 e. The van der Waals surface area contributed by atoms with E-state index in [1.165, 1.54) is 0 Å². The minimum atomic E-state index is 0.347. The molecule has 0 fully saturated rings. The Morgan fingerprint density at radius 1 is 1.21 bits per heavy atom. The van der Waals surface area contributed by atoms with E-state index < -0.39 is 0 Å². The Bertz CT molecular complexity index is 435. The number of hydrogen-bond donors (Lipinski definition) is 1. The lowest BCUT2D eigenvalue weighted by atomic mass is 10.1. The molecule has 0 heterocycles. The highest BCUT2D eigenvalue weighted by atomic mass is 16.5. The molecule has 0 radical (unpaired) electrons. The fourth-order valence-electron chi connectivity index (χ4n) is 1.57. The maximum absolute atomic E-state index is 5.61. The predicted molar refractivity (Wildman–Crippen MR) is 75.1 cm³/mol. The lowest BCUT2D eigenvalue weighted by Gasteiger charge is -2.08. The van der Waals surface area contributed by atoms with E-state index in [4.69, 9.17) is 19.9 Å². The minimum absolute atomic E-state index is 0.347. The van der Waals surface area contributed by atoms with Crippen LogP contribution in [0.15, 0.2) is 18.2 Å². The zero-order valence-corrected chi connectivity index (χ0v) is 11.6. The monoisotopic (exact) mass is 263 g/mol. The Morgan fingerprint density at radius 2 is 2.05 bits per heavy atom. The molecule has 1 rings (SSSR count). The van der Waals surface area contributed by atoms with Gasteiger partial charge in [-0.2, -0.15) is 0 Å². The third-order valence-electron chi connectivity index (χ3n) is 2.53. The average Bonchev–Trinajstić information content (AvgIpc) is 2.45. The Kier molecular flexibility index (Phi) is 7.68. The summed E-state index contributed by atoms with van der Waals surface area (Å²) in [5.41, 5.74) is 7.33. The summed E-state index contributed by atoms with van der Waals surface area (Å²) in [6, 6.07) is 5.75. The molecule has 0 spiro atoms. The van der Waals surface area contributed by atoms with E-state index in [1.807, 2.05) is 18.2 Å². The highest BCUT2D eigenvalue weighted by Gasteiger charge is 2.03. The van der Waals surface area contributed by atoms with Gasteiger partial charge in [0.05, 0.1) is 20.3 Å². The Hall–Kier alpha value is -1.54. The average molecular weight is 263 g/mol. The second-order valence-electron chi connectivity index (χ2n) is 3.93. The van der Waals surface area contributed by atoms with Crippen LogP contribution in [0.2, 0.25) is 0 Å². The van der Waals surface area contributed by atoms with Crippen molar-refractivity contribution >= 4 is 0 Å². The highest BCUT2D eigenvalue weighted by molar-refractivity contribution is 5.45. The van der Waals surface area contributed by atoms with E-state index in [0.29, 0.717) is 26.4 Å². The van der Waals surface area contributed by atoms with Crippen LogP contribution >= 0.6 is 0 Å². The van der Waals surface area contributed by atoms with Crippen molar-refractivity contribution in [2.75, 3.05) is 34.0 Å². The van der Waals surface area contributed by atoms with Crippen molar-refractivity contribution in [1.29, 1.82) is 0 Å². The molecule has 1 aromatic rings. The van der Waals surface area contributed by atoms with Crippen molar-refractivity contribution in [3.05, 3.63) is 29.3 Å². The summed E-state index contributed by atoms with van der Waals surface area (Å²) >= 11 is 0. The number of hydrogen-bond acceptors (Lipinski definition) is 4. The zero-order valence-electron chi connectivity index (χ0n) is 11.6. The first-order chi connectivity index (χ1) is 9.31. The number of benzene rings is 1. The van der Waals surface area contributed by atoms with E-state index in [1.54, 1.807) is 14.2 Å². The van der Waals surface area contributed by atoms with Crippen LogP contribution in [0.3, 0.4) is 0 Å². The van der Waals surface area contributed by atoms with Gasteiger partial charge in [0.2, 0.25) is 0 Å². The van der Waals surface area contributed by atoms with E-state index in [-0.39, 0.29) is 0 Å². The van der Waals surface area contributed by atoms with E-state index in [2.05, 4.69) is 11.8 Å². The van der Waals surface area contributed by atoms with Gasteiger partial charge in [-0.1, -0.05) is 11.8 Å². The second-order valence-corrected chi connectivity index (χ2v) is 3.93. The standard InChI is InChI=1S/C15H21NO3/c1-17-9-4-10-19-12-14-11-15(18-2)7-6-13(14)5-3-8-16/h6-7,11H,4,8-10,12,16H2,1-2H3. The molecule has 0 aromatic heterocycles. The van der Waals surface area contributed by atoms with E-state index >= 15 is 0 Å². The van der Waals surface area contributed by atoms with Crippen LogP contribution < -0.4 is 10.5 Å². The number of rotatable bonds is 7. The number of methoxy groups -OCH3 is 2. The number of ether oxygens (including phenoxy) is 3. The molecule has 0 saturated heterocycles. The highest BCUT2D eigenvalue weighted by Crippen LogP contribution is 2.18. The first-order valence-corrected chi connectivity index (χ1v) is 6.24. The van der Waals surface area contributed by atoms with Crippen LogP contribution in [0.1, 0.15) is 17.5 Å². The maximum atomic E-state index is 5.61. The first-order valence-electron chi connectivity index (χ1n) is 6.24. The van der Waals surface area contributed by atoms with Crippen molar-refractivity contribution in [3.8, 4) is 17.6 Å². The van der Waals surface area contributed by atoms with Crippen molar-refractivity contribution in [3.63, 3.8) is 0 Å². The molecule has 0 unspecified atom stereocenters. The molecule has 2 N–H and O–H groups in total. The van der Waals surface area contributed by atoms with Gasteiger partial charge in [0.1, 0.15) is 5.75 Å². The van der Waals surface area contributed by atoms with Gasteiger partial charge in [-0.05, 0) is 30.2 Å². The predicted octanol–water partition coefficient (Wildman–Crippen LogP) is 1.56.